The molecule has 2 aromatic carbocycles. The summed E-state index contributed by atoms with van der Waals surface area (Å²) in [6.07, 6.45) is 4.51. The lowest BCUT2D eigenvalue weighted by Gasteiger charge is -2.12. The zero-order valence-corrected chi connectivity index (χ0v) is 15.3. The summed E-state index contributed by atoms with van der Waals surface area (Å²) in [5, 5.41) is 1.90. The molecule has 0 aliphatic carbocycles. The second-order valence-electron chi connectivity index (χ2n) is 6.48. The molecule has 5 heteroatoms. The highest BCUT2D eigenvalue weighted by Crippen LogP contribution is 2.37. The maximum Gasteiger partial charge on any atom is 0.207 e. The molecule has 1 aliphatic rings. The molecule has 0 bridgehead atoms. The molecule has 1 aromatic heterocycles. The van der Waals surface area contributed by atoms with Gasteiger partial charge in [-0.2, -0.15) is 4.37 Å². The Labute approximate surface area is 151 Å². The van der Waals surface area contributed by atoms with E-state index in [1.165, 1.54) is 24.4 Å². The van der Waals surface area contributed by atoms with Crippen LogP contribution in [-0.4, -0.2) is 28.7 Å². The van der Waals surface area contributed by atoms with E-state index in [-0.39, 0.29) is 0 Å². The molecule has 0 atom stereocenters. The summed E-state index contributed by atoms with van der Waals surface area (Å²) in [5.41, 5.74) is 4.18. The molecular weight excluding hydrogens is 330 g/mol. The van der Waals surface area contributed by atoms with Crippen LogP contribution in [0.3, 0.4) is 0 Å². The van der Waals surface area contributed by atoms with Gasteiger partial charge in [0.25, 0.3) is 0 Å². The molecule has 25 heavy (non-hydrogen) atoms. The Morgan fingerprint density at radius 2 is 1.92 bits per heavy atom. The van der Waals surface area contributed by atoms with Crippen LogP contribution in [0, 0.1) is 13.8 Å². The first-order chi connectivity index (χ1) is 12.2. The van der Waals surface area contributed by atoms with E-state index in [1.807, 2.05) is 30.6 Å². The second kappa shape index (κ2) is 6.84. The van der Waals surface area contributed by atoms with E-state index in [9.17, 15) is 0 Å². The number of aliphatic imine (C=N–C) groups is 1. The third-order valence-corrected chi connectivity index (χ3v) is 5.30. The van der Waals surface area contributed by atoms with Crippen molar-refractivity contribution in [3.05, 3.63) is 47.5 Å². The highest BCUT2D eigenvalue weighted by atomic mass is 32.1. The Balaban J connectivity index is 1.59. The van der Waals surface area contributed by atoms with Gasteiger partial charge in [0, 0.05) is 24.6 Å². The van der Waals surface area contributed by atoms with Gasteiger partial charge in [-0.15, -0.1) is 0 Å². The van der Waals surface area contributed by atoms with Gasteiger partial charge in [0.15, 0.2) is 0 Å². The molecule has 1 aliphatic heterocycles. The van der Waals surface area contributed by atoms with E-state index in [2.05, 4.69) is 40.2 Å². The van der Waals surface area contributed by atoms with Crippen molar-refractivity contribution in [2.75, 3.05) is 13.1 Å². The molecule has 4 nitrogen and oxygen atoms in total. The summed E-state index contributed by atoms with van der Waals surface area (Å²) < 4.78 is 10.6. The Morgan fingerprint density at radius 1 is 1.12 bits per heavy atom. The first kappa shape index (κ1) is 16.1. The molecule has 0 amide bonds. The lowest BCUT2D eigenvalue weighted by molar-refractivity contribution is 0.497. The average molecular weight is 351 g/mol. The molecule has 0 N–H and O–H groups in total. The number of fused-ring (bicyclic) bond motifs is 1. The summed E-state index contributed by atoms with van der Waals surface area (Å²) in [4.78, 5) is 6.95. The van der Waals surface area contributed by atoms with E-state index >= 15 is 0 Å². The highest BCUT2D eigenvalue weighted by Gasteiger charge is 2.12. The molecule has 0 radical (unpaired) electrons. The van der Waals surface area contributed by atoms with Crippen LogP contribution in [0.2, 0.25) is 0 Å². The normalized spacial score (nSPS) is 14.7. The number of benzene rings is 2. The monoisotopic (exact) mass is 351 g/mol. The van der Waals surface area contributed by atoms with E-state index < -0.39 is 0 Å². The van der Waals surface area contributed by atoms with Gasteiger partial charge in [-0.3, -0.25) is 0 Å². The highest BCUT2D eigenvalue weighted by molar-refractivity contribution is 7.09. The van der Waals surface area contributed by atoms with Gasteiger partial charge < -0.3 is 9.64 Å². The van der Waals surface area contributed by atoms with Crippen LogP contribution in [0.4, 0.5) is 5.69 Å². The lowest BCUT2D eigenvalue weighted by atomic mass is 10.1. The van der Waals surface area contributed by atoms with Crippen LogP contribution < -0.4 is 4.74 Å². The van der Waals surface area contributed by atoms with Crippen molar-refractivity contribution in [3.8, 4) is 10.8 Å². The van der Waals surface area contributed by atoms with Crippen molar-refractivity contribution in [3.63, 3.8) is 0 Å². The number of aryl methyl sites for hydroxylation is 2. The predicted octanol–water partition coefficient (Wildman–Crippen LogP) is 5.46. The summed E-state index contributed by atoms with van der Waals surface area (Å²) in [7, 11) is 0. The molecule has 4 rings (SSSR count). The fourth-order valence-electron chi connectivity index (χ4n) is 3.06. The molecule has 1 fully saturated rings. The molecule has 3 aromatic rings. The van der Waals surface area contributed by atoms with Crippen molar-refractivity contribution in [2.24, 2.45) is 4.99 Å². The second-order valence-corrected chi connectivity index (χ2v) is 7.22. The quantitative estimate of drug-likeness (QED) is 0.462. The Morgan fingerprint density at radius 3 is 2.76 bits per heavy atom. The Kier molecular flexibility index (Phi) is 4.40. The van der Waals surface area contributed by atoms with Gasteiger partial charge in [0.05, 0.1) is 22.9 Å². The smallest absolute Gasteiger partial charge is 0.207 e. The molecule has 0 saturated carbocycles. The van der Waals surface area contributed by atoms with Crippen LogP contribution in [0.25, 0.3) is 10.9 Å². The van der Waals surface area contributed by atoms with Gasteiger partial charge in [-0.25, -0.2) is 4.99 Å². The molecular formula is C20H21N3OS. The van der Waals surface area contributed by atoms with Crippen molar-refractivity contribution in [2.45, 2.75) is 26.7 Å². The summed E-state index contributed by atoms with van der Waals surface area (Å²) >= 11 is 1.39. The van der Waals surface area contributed by atoms with Crippen LogP contribution in [-0.2, 0) is 0 Å². The number of nitrogens with zero attached hydrogens (tertiary/aromatic N) is 3. The van der Waals surface area contributed by atoms with Gasteiger partial charge in [-0.05, 0) is 62.1 Å². The zero-order valence-electron chi connectivity index (χ0n) is 14.5. The average Bonchev–Trinajstić information content (AvgIpc) is 3.27. The number of hydrogen-bond donors (Lipinski definition) is 0. The fraction of sp³-hybridized carbons (Fsp3) is 0.300. The first-order valence-corrected chi connectivity index (χ1v) is 9.40. The Hall–Kier alpha value is -2.40. The topological polar surface area (TPSA) is 37.7 Å². The van der Waals surface area contributed by atoms with Crippen LogP contribution in [0.15, 0.2) is 41.4 Å². The minimum atomic E-state index is 0.839. The maximum absolute atomic E-state index is 6.17. The molecule has 0 unspecified atom stereocenters. The molecule has 128 valence electrons. The minimum absolute atomic E-state index is 0.839. The van der Waals surface area contributed by atoms with E-state index in [0.29, 0.717) is 0 Å². The van der Waals surface area contributed by atoms with E-state index in [1.54, 1.807) is 0 Å². The summed E-state index contributed by atoms with van der Waals surface area (Å²) in [6, 6.07) is 12.2. The number of ether oxygens (including phenoxy) is 1. The van der Waals surface area contributed by atoms with Crippen LogP contribution in [0.1, 0.15) is 24.0 Å². The van der Waals surface area contributed by atoms with Gasteiger partial charge in [0.1, 0.15) is 5.75 Å². The fourth-order valence-corrected chi connectivity index (χ4v) is 3.80. The summed E-state index contributed by atoms with van der Waals surface area (Å²) in [6.45, 7) is 6.36. The first-order valence-electron chi connectivity index (χ1n) is 8.62. The number of likely N-dealkylation sites (tertiary alicyclic amines) is 1. The largest absolute Gasteiger partial charge is 0.444 e. The van der Waals surface area contributed by atoms with E-state index in [0.717, 1.165) is 51.6 Å². The van der Waals surface area contributed by atoms with Gasteiger partial charge in [0.2, 0.25) is 5.06 Å². The SMILES string of the molecule is Cc1cc(Oc2snc3ccccc23)c(C)cc1N=CN1CCCC1. The van der Waals surface area contributed by atoms with Crippen molar-refractivity contribution in [1.82, 2.24) is 9.27 Å². The number of aromatic nitrogens is 1. The lowest BCUT2D eigenvalue weighted by Crippen LogP contribution is -2.16. The van der Waals surface area contributed by atoms with Crippen molar-refractivity contribution < 1.29 is 4.74 Å². The van der Waals surface area contributed by atoms with Crippen LogP contribution in [0.5, 0.6) is 10.8 Å². The van der Waals surface area contributed by atoms with Crippen molar-refractivity contribution >= 4 is 34.5 Å². The third kappa shape index (κ3) is 3.37. The standard InChI is InChI=1S/C20H21N3OS/c1-14-12-19(24-20-16-7-3-4-8-17(16)22-25-20)15(2)11-18(14)21-13-23-9-5-6-10-23/h3-4,7-8,11-13H,5-6,9-10H2,1-2H3. The molecule has 2 heterocycles. The van der Waals surface area contributed by atoms with Crippen LogP contribution >= 0.6 is 11.5 Å². The van der Waals surface area contributed by atoms with Gasteiger partial charge >= 0.3 is 0 Å². The Bertz CT molecular complexity index is 926. The zero-order chi connectivity index (χ0) is 17.2. The molecule has 1 saturated heterocycles. The number of rotatable bonds is 4. The maximum atomic E-state index is 6.17. The van der Waals surface area contributed by atoms with Gasteiger partial charge in [-0.1, -0.05) is 12.1 Å². The predicted molar refractivity (Wildman–Crippen MR) is 105 cm³/mol. The molecule has 0 spiro atoms. The van der Waals surface area contributed by atoms with E-state index in [4.69, 9.17) is 4.74 Å². The number of hydrogen-bond acceptors (Lipinski definition) is 4. The van der Waals surface area contributed by atoms with Crippen molar-refractivity contribution in [1.29, 1.82) is 0 Å². The summed E-state index contributed by atoms with van der Waals surface area (Å²) in [5.74, 6) is 0.868. The third-order valence-electron chi connectivity index (χ3n) is 4.55. The minimum Gasteiger partial charge on any atom is -0.444 e.